The Morgan fingerprint density at radius 2 is 1.57 bits per heavy atom. The molecule has 0 spiro atoms. The minimum atomic E-state index is -4.08. The van der Waals surface area contributed by atoms with Crippen molar-refractivity contribution < 1.29 is 22.7 Å². The van der Waals surface area contributed by atoms with Crippen LogP contribution in [-0.4, -0.2) is 48.2 Å². The number of amides is 1. The minimum absolute atomic E-state index is 0.0420. The Kier molecular flexibility index (Phi) is 8.55. The second kappa shape index (κ2) is 12.0. The highest BCUT2D eigenvalue weighted by Gasteiger charge is 2.29. The molecular formula is C28H33N3O5S. The van der Waals surface area contributed by atoms with E-state index in [4.69, 9.17) is 9.47 Å². The van der Waals surface area contributed by atoms with Crippen molar-refractivity contribution in [3.05, 3.63) is 78.4 Å². The molecule has 0 unspecified atom stereocenters. The van der Waals surface area contributed by atoms with Crippen LogP contribution in [0.25, 0.3) is 0 Å². The predicted molar refractivity (Wildman–Crippen MR) is 145 cm³/mol. The SMILES string of the molecule is COc1ccc(S(=O)(=O)N(CC(=O)NCc2ccc(N3CCCCC3)cc2)c2ccccc2OC)cc1. The van der Waals surface area contributed by atoms with Crippen molar-refractivity contribution in [2.24, 2.45) is 0 Å². The fraction of sp³-hybridized carbons (Fsp3) is 0.321. The van der Waals surface area contributed by atoms with Crippen molar-refractivity contribution in [2.45, 2.75) is 30.7 Å². The first-order valence-corrected chi connectivity index (χ1v) is 13.8. The molecule has 1 aliphatic heterocycles. The van der Waals surface area contributed by atoms with Gasteiger partial charge in [-0.05, 0) is 73.4 Å². The van der Waals surface area contributed by atoms with E-state index in [1.54, 1.807) is 36.4 Å². The van der Waals surface area contributed by atoms with Crippen LogP contribution in [0.2, 0.25) is 0 Å². The topological polar surface area (TPSA) is 88.2 Å². The van der Waals surface area contributed by atoms with Gasteiger partial charge in [0.25, 0.3) is 10.0 Å². The summed E-state index contributed by atoms with van der Waals surface area (Å²) in [5.41, 5.74) is 2.40. The van der Waals surface area contributed by atoms with Gasteiger partial charge in [-0.25, -0.2) is 8.42 Å². The molecule has 0 radical (unpaired) electrons. The van der Waals surface area contributed by atoms with Gasteiger partial charge in [-0.3, -0.25) is 9.10 Å². The number of carbonyl (C=O) groups excluding carboxylic acids is 1. The van der Waals surface area contributed by atoms with Crippen LogP contribution in [-0.2, 0) is 21.4 Å². The van der Waals surface area contributed by atoms with Crippen LogP contribution >= 0.6 is 0 Å². The number of methoxy groups -OCH3 is 2. The van der Waals surface area contributed by atoms with Crippen molar-refractivity contribution in [1.82, 2.24) is 5.32 Å². The van der Waals surface area contributed by atoms with Crippen LogP contribution in [0.4, 0.5) is 11.4 Å². The van der Waals surface area contributed by atoms with E-state index in [1.807, 2.05) is 12.1 Å². The first-order valence-electron chi connectivity index (χ1n) is 12.3. The van der Waals surface area contributed by atoms with Gasteiger partial charge in [-0.2, -0.15) is 0 Å². The minimum Gasteiger partial charge on any atom is -0.497 e. The summed E-state index contributed by atoms with van der Waals surface area (Å²) in [6.45, 7) is 2.02. The summed E-state index contributed by atoms with van der Waals surface area (Å²) in [6, 6.07) is 20.9. The molecule has 1 saturated heterocycles. The fourth-order valence-electron chi connectivity index (χ4n) is 4.37. The van der Waals surface area contributed by atoms with Crippen LogP contribution in [0.15, 0.2) is 77.7 Å². The number of hydrogen-bond acceptors (Lipinski definition) is 6. The number of carbonyl (C=O) groups is 1. The van der Waals surface area contributed by atoms with Crippen molar-refractivity contribution in [2.75, 3.05) is 43.1 Å². The second-order valence-corrected chi connectivity index (χ2v) is 10.7. The van der Waals surface area contributed by atoms with Gasteiger partial charge in [0.2, 0.25) is 5.91 Å². The molecule has 196 valence electrons. The van der Waals surface area contributed by atoms with Gasteiger partial charge < -0.3 is 19.7 Å². The lowest BCUT2D eigenvalue weighted by molar-refractivity contribution is -0.119. The highest BCUT2D eigenvalue weighted by Crippen LogP contribution is 2.32. The van der Waals surface area contributed by atoms with Crippen LogP contribution in [0.3, 0.4) is 0 Å². The van der Waals surface area contributed by atoms with E-state index in [1.165, 1.54) is 51.3 Å². The largest absolute Gasteiger partial charge is 0.497 e. The lowest BCUT2D eigenvalue weighted by Crippen LogP contribution is -2.40. The molecule has 3 aromatic rings. The Bertz CT molecular complexity index is 1290. The molecule has 0 aliphatic carbocycles. The lowest BCUT2D eigenvalue weighted by Gasteiger charge is -2.29. The summed E-state index contributed by atoms with van der Waals surface area (Å²) in [6.07, 6.45) is 3.69. The number of piperidine rings is 1. The van der Waals surface area contributed by atoms with Gasteiger partial charge in [0.05, 0.1) is 24.8 Å². The molecule has 1 aliphatic rings. The number of rotatable bonds is 10. The summed E-state index contributed by atoms with van der Waals surface area (Å²) in [4.78, 5) is 15.4. The lowest BCUT2D eigenvalue weighted by atomic mass is 10.1. The fourth-order valence-corrected chi connectivity index (χ4v) is 5.81. The van der Waals surface area contributed by atoms with E-state index in [0.717, 1.165) is 23.0 Å². The van der Waals surface area contributed by atoms with Crippen LogP contribution in [0.5, 0.6) is 11.5 Å². The first-order chi connectivity index (χ1) is 17.9. The Balaban J connectivity index is 1.50. The van der Waals surface area contributed by atoms with E-state index < -0.39 is 22.5 Å². The molecule has 37 heavy (non-hydrogen) atoms. The van der Waals surface area contributed by atoms with Crippen LogP contribution in [0.1, 0.15) is 24.8 Å². The summed E-state index contributed by atoms with van der Waals surface area (Å²) < 4.78 is 38.9. The summed E-state index contributed by atoms with van der Waals surface area (Å²) in [5.74, 6) is 0.454. The number of sulfonamides is 1. The molecule has 1 heterocycles. The highest BCUT2D eigenvalue weighted by molar-refractivity contribution is 7.92. The molecule has 9 heteroatoms. The first kappa shape index (κ1) is 26.3. The van der Waals surface area contributed by atoms with Crippen LogP contribution < -0.4 is 24.0 Å². The van der Waals surface area contributed by atoms with Gasteiger partial charge in [-0.15, -0.1) is 0 Å². The number of ether oxygens (including phenoxy) is 2. The number of para-hydroxylation sites is 2. The zero-order chi connectivity index (χ0) is 26.3. The second-order valence-electron chi connectivity index (χ2n) is 8.85. The van der Waals surface area contributed by atoms with E-state index in [9.17, 15) is 13.2 Å². The van der Waals surface area contributed by atoms with Crippen molar-refractivity contribution >= 4 is 27.3 Å². The molecular weight excluding hydrogens is 490 g/mol. The Morgan fingerprint density at radius 3 is 2.22 bits per heavy atom. The zero-order valence-electron chi connectivity index (χ0n) is 21.2. The molecule has 3 aromatic carbocycles. The third-order valence-electron chi connectivity index (χ3n) is 6.44. The van der Waals surface area contributed by atoms with E-state index in [-0.39, 0.29) is 10.6 Å². The maximum Gasteiger partial charge on any atom is 0.264 e. The average molecular weight is 524 g/mol. The van der Waals surface area contributed by atoms with Gasteiger partial charge in [0, 0.05) is 25.3 Å². The molecule has 0 atom stereocenters. The molecule has 0 saturated carbocycles. The summed E-state index contributed by atoms with van der Waals surface area (Å²) in [5, 5.41) is 2.86. The smallest absolute Gasteiger partial charge is 0.264 e. The molecule has 0 aromatic heterocycles. The average Bonchev–Trinajstić information content (AvgIpc) is 2.95. The van der Waals surface area contributed by atoms with Gasteiger partial charge in [-0.1, -0.05) is 24.3 Å². The number of hydrogen-bond donors (Lipinski definition) is 1. The highest BCUT2D eigenvalue weighted by atomic mass is 32.2. The monoisotopic (exact) mass is 523 g/mol. The normalized spacial score (nSPS) is 13.6. The Morgan fingerprint density at radius 1 is 0.892 bits per heavy atom. The maximum atomic E-state index is 13.6. The number of nitrogens with zero attached hydrogens (tertiary/aromatic N) is 2. The quantitative estimate of drug-likeness (QED) is 0.429. The van der Waals surface area contributed by atoms with Crippen molar-refractivity contribution in [1.29, 1.82) is 0 Å². The molecule has 4 rings (SSSR count). The number of nitrogens with one attached hydrogen (secondary N) is 1. The van der Waals surface area contributed by atoms with Gasteiger partial charge in [0.1, 0.15) is 18.0 Å². The summed E-state index contributed by atoms with van der Waals surface area (Å²) >= 11 is 0. The molecule has 8 nitrogen and oxygen atoms in total. The van der Waals surface area contributed by atoms with Crippen LogP contribution in [0, 0.1) is 0 Å². The third kappa shape index (κ3) is 6.35. The molecule has 1 amide bonds. The third-order valence-corrected chi connectivity index (χ3v) is 8.21. The van der Waals surface area contributed by atoms with Gasteiger partial charge >= 0.3 is 0 Å². The Labute approximate surface area is 218 Å². The van der Waals surface area contributed by atoms with E-state index in [0.29, 0.717) is 18.0 Å². The van der Waals surface area contributed by atoms with Crippen molar-refractivity contribution in [3.8, 4) is 11.5 Å². The standard InChI is InChI=1S/C28H33N3O5S/c1-35-24-14-16-25(17-15-24)37(33,34)31(26-8-4-5-9-27(26)36-2)21-28(32)29-20-22-10-12-23(13-11-22)30-18-6-3-7-19-30/h4-5,8-17H,3,6-7,18-21H2,1-2H3,(H,29,32). The maximum absolute atomic E-state index is 13.6. The zero-order valence-corrected chi connectivity index (χ0v) is 22.0. The number of anilines is 2. The van der Waals surface area contributed by atoms with E-state index >= 15 is 0 Å². The molecule has 1 fully saturated rings. The van der Waals surface area contributed by atoms with Gasteiger partial charge in [0.15, 0.2) is 0 Å². The predicted octanol–water partition coefficient (Wildman–Crippen LogP) is 4.21. The number of benzene rings is 3. The summed E-state index contributed by atoms with van der Waals surface area (Å²) in [7, 11) is -1.10. The van der Waals surface area contributed by atoms with E-state index in [2.05, 4.69) is 22.3 Å². The van der Waals surface area contributed by atoms with Crippen molar-refractivity contribution in [3.63, 3.8) is 0 Å². The molecule has 1 N–H and O–H groups in total. The Hall–Kier alpha value is -3.72. The molecule has 0 bridgehead atoms.